The van der Waals surface area contributed by atoms with Crippen molar-refractivity contribution < 1.29 is 14.3 Å². The fraction of sp³-hybridized carbons (Fsp3) is 0.304. The van der Waals surface area contributed by atoms with Crippen LogP contribution in [0.1, 0.15) is 29.2 Å². The SMILES string of the molecule is C=CCN1C(=O)[C@@H](CCC#N)S[C@H](c2cccc(OC)c2OC)c2cc(Cl)ccc21. The van der Waals surface area contributed by atoms with E-state index in [1.807, 2.05) is 30.3 Å². The number of methoxy groups -OCH3 is 2. The average Bonchev–Trinajstić information content (AvgIpc) is 2.87. The number of ether oxygens (including phenoxy) is 2. The molecule has 5 nitrogen and oxygen atoms in total. The summed E-state index contributed by atoms with van der Waals surface area (Å²) >= 11 is 7.88. The smallest absolute Gasteiger partial charge is 0.240 e. The Morgan fingerprint density at radius 1 is 1.27 bits per heavy atom. The molecule has 7 heteroatoms. The minimum absolute atomic E-state index is 0.0388. The van der Waals surface area contributed by atoms with Crippen molar-refractivity contribution in [3.05, 3.63) is 65.2 Å². The van der Waals surface area contributed by atoms with E-state index in [0.717, 1.165) is 16.8 Å². The van der Waals surface area contributed by atoms with Crippen molar-refractivity contribution >= 4 is 35.0 Å². The summed E-state index contributed by atoms with van der Waals surface area (Å²) in [4.78, 5) is 15.1. The van der Waals surface area contributed by atoms with Crippen LogP contribution in [0.15, 0.2) is 49.1 Å². The highest BCUT2D eigenvalue weighted by molar-refractivity contribution is 8.01. The van der Waals surface area contributed by atoms with Gasteiger partial charge in [0.2, 0.25) is 5.91 Å². The number of fused-ring (bicyclic) bond motifs is 1. The number of hydrogen-bond acceptors (Lipinski definition) is 5. The standard InChI is InChI=1S/C23H23ClN2O3S/c1-4-13-26-18-11-10-15(24)14-17(18)22(30-20(23(26)27)9-6-12-25)16-7-5-8-19(28-2)21(16)29-3/h4-5,7-8,10-11,14,20,22H,1,6,9,13H2,2-3H3/t20-,22-/m1/s1. The van der Waals surface area contributed by atoms with Gasteiger partial charge in [0, 0.05) is 29.2 Å². The first kappa shape index (κ1) is 22.1. The van der Waals surface area contributed by atoms with Gasteiger partial charge in [-0.05, 0) is 36.2 Å². The molecule has 0 saturated carbocycles. The summed E-state index contributed by atoms with van der Waals surface area (Å²) < 4.78 is 11.2. The molecule has 1 heterocycles. The Labute approximate surface area is 186 Å². The molecule has 3 rings (SSSR count). The summed E-state index contributed by atoms with van der Waals surface area (Å²) in [6.07, 6.45) is 2.46. The maximum absolute atomic E-state index is 13.4. The Morgan fingerprint density at radius 2 is 2.07 bits per heavy atom. The van der Waals surface area contributed by atoms with E-state index < -0.39 is 5.25 Å². The minimum atomic E-state index is -0.392. The number of halogens is 1. The van der Waals surface area contributed by atoms with Gasteiger partial charge in [-0.3, -0.25) is 4.79 Å². The topological polar surface area (TPSA) is 62.6 Å². The monoisotopic (exact) mass is 442 g/mol. The molecule has 0 bridgehead atoms. The Kier molecular flexibility index (Phi) is 7.30. The first-order valence-corrected chi connectivity index (χ1v) is 10.8. The van der Waals surface area contributed by atoms with Crippen molar-refractivity contribution in [3.8, 4) is 17.6 Å². The van der Waals surface area contributed by atoms with Gasteiger partial charge < -0.3 is 14.4 Å². The van der Waals surface area contributed by atoms with Crippen LogP contribution in [0.3, 0.4) is 0 Å². The number of nitrogens with zero attached hydrogens (tertiary/aromatic N) is 2. The molecular weight excluding hydrogens is 420 g/mol. The van der Waals surface area contributed by atoms with E-state index in [1.165, 1.54) is 11.8 Å². The lowest BCUT2D eigenvalue weighted by Crippen LogP contribution is -2.37. The highest BCUT2D eigenvalue weighted by Crippen LogP contribution is 2.51. The van der Waals surface area contributed by atoms with Crippen molar-refractivity contribution in [1.29, 1.82) is 5.26 Å². The predicted molar refractivity (Wildman–Crippen MR) is 122 cm³/mol. The van der Waals surface area contributed by atoms with E-state index in [1.54, 1.807) is 31.3 Å². The second-order valence-electron chi connectivity index (χ2n) is 6.72. The van der Waals surface area contributed by atoms with Gasteiger partial charge in [0.25, 0.3) is 0 Å². The van der Waals surface area contributed by atoms with E-state index in [2.05, 4.69) is 12.6 Å². The molecule has 1 aliphatic heterocycles. The number of anilines is 1. The molecule has 2 atom stereocenters. The van der Waals surface area contributed by atoms with Crippen LogP contribution in [0.4, 0.5) is 5.69 Å². The lowest BCUT2D eigenvalue weighted by molar-refractivity contribution is -0.118. The molecule has 2 aromatic carbocycles. The highest BCUT2D eigenvalue weighted by atomic mass is 35.5. The number of para-hydroxylation sites is 1. The molecule has 0 fully saturated rings. The number of carbonyl (C=O) groups excluding carboxylic acids is 1. The first-order chi connectivity index (χ1) is 14.5. The lowest BCUT2D eigenvalue weighted by Gasteiger charge is -2.24. The fourth-order valence-electron chi connectivity index (χ4n) is 3.63. The highest BCUT2D eigenvalue weighted by Gasteiger charge is 2.37. The van der Waals surface area contributed by atoms with Crippen molar-refractivity contribution in [2.24, 2.45) is 0 Å². The van der Waals surface area contributed by atoms with Crippen molar-refractivity contribution in [2.75, 3.05) is 25.7 Å². The number of benzene rings is 2. The van der Waals surface area contributed by atoms with Crippen molar-refractivity contribution in [1.82, 2.24) is 0 Å². The maximum atomic E-state index is 13.4. The van der Waals surface area contributed by atoms with Gasteiger partial charge in [-0.2, -0.15) is 5.26 Å². The van der Waals surface area contributed by atoms with Gasteiger partial charge in [-0.25, -0.2) is 0 Å². The molecular formula is C23H23ClN2O3S. The van der Waals surface area contributed by atoms with Crippen molar-refractivity contribution in [3.63, 3.8) is 0 Å². The normalized spacial score (nSPS) is 18.2. The van der Waals surface area contributed by atoms with Crippen LogP contribution in [-0.4, -0.2) is 31.9 Å². The van der Waals surface area contributed by atoms with Crippen LogP contribution >= 0.6 is 23.4 Å². The Morgan fingerprint density at radius 3 is 2.73 bits per heavy atom. The third-order valence-corrected chi connectivity index (χ3v) is 6.73. The third kappa shape index (κ3) is 4.28. The summed E-state index contributed by atoms with van der Waals surface area (Å²) in [5, 5.41) is 9.08. The van der Waals surface area contributed by atoms with Crippen LogP contribution in [0.2, 0.25) is 5.02 Å². The number of nitriles is 1. The Bertz CT molecular complexity index is 989. The Balaban J connectivity index is 2.24. The molecule has 156 valence electrons. The van der Waals surface area contributed by atoms with Crippen molar-refractivity contribution in [2.45, 2.75) is 23.3 Å². The van der Waals surface area contributed by atoms with E-state index in [0.29, 0.717) is 35.9 Å². The van der Waals surface area contributed by atoms with Gasteiger partial charge in [-0.1, -0.05) is 29.8 Å². The molecule has 1 amide bonds. The quantitative estimate of drug-likeness (QED) is 0.538. The van der Waals surface area contributed by atoms with Gasteiger partial charge >= 0.3 is 0 Å². The molecule has 0 saturated heterocycles. The molecule has 0 radical (unpaired) electrons. The second-order valence-corrected chi connectivity index (χ2v) is 8.47. The van der Waals surface area contributed by atoms with E-state index in [-0.39, 0.29) is 11.2 Å². The molecule has 0 aromatic heterocycles. The summed E-state index contributed by atoms with van der Waals surface area (Å²) in [6, 6.07) is 13.4. The zero-order chi connectivity index (χ0) is 21.7. The number of hydrogen-bond donors (Lipinski definition) is 0. The van der Waals surface area contributed by atoms with Crippen LogP contribution in [0.25, 0.3) is 0 Å². The number of thioether (sulfide) groups is 1. The van der Waals surface area contributed by atoms with Gasteiger partial charge in [0.05, 0.1) is 30.8 Å². The lowest BCUT2D eigenvalue weighted by atomic mass is 10.00. The minimum Gasteiger partial charge on any atom is -0.493 e. The number of rotatable bonds is 7. The summed E-state index contributed by atoms with van der Waals surface area (Å²) in [7, 11) is 3.20. The van der Waals surface area contributed by atoms with Gasteiger partial charge in [0.15, 0.2) is 11.5 Å². The van der Waals surface area contributed by atoms with E-state index in [4.69, 9.17) is 26.3 Å². The summed E-state index contributed by atoms with van der Waals surface area (Å²) in [5.41, 5.74) is 2.58. The molecule has 0 unspecified atom stereocenters. The zero-order valence-corrected chi connectivity index (χ0v) is 18.5. The fourth-order valence-corrected chi connectivity index (χ4v) is 5.31. The molecule has 2 aromatic rings. The summed E-state index contributed by atoms with van der Waals surface area (Å²) in [5.74, 6) is 1.20. The molecule has 0 N–H and O–H groups in total. The van der Waals surface area contributed by atoms with Crippen LogP contribution in [-0.2, 0) is 4.79 Å². The third-order valence-electron chi connectivity index (χ3n) is 4.95. The molecule has 1 aliphatic rings. The maximum Gasteiger partial charge on any atom is 0.240 e. The van der Waals surface area contributed by atoms with Crippen LogP contribution in [0, 0.1) is 11.3 Å². The zero-order valence-electron chi connectivity index (χ0n) is 16.9. The molecule has 0 aliphatic carbocycles. The molecule has 30 heavy (non-hydrogen) atoms. The second kappa shape index (κ2) is 9.92. The Hall–Kier alpha value is -2.62. The number of amides is 1. The first-order valence-electron chi connectivity index (χ1n) is 9.50. The average molecular weight is 443 g/mol. The van der Waals surface area contributed by atoms with Crippen LogP contribution < -0.4 is 14.4 Å². The number of carbonyl (C=O) groups is 1. The summed E-state index contributed by atoms with van der Waals surface area (Å²) in [6.45, 7) is 4.18. The largest absolute Gasteiger partial charge is 0.493 e. The van der Waals surface area contributed by atoms with Gasteiger partial charge in [0.1, 0.15) is 0 Å². The predicted octanol–water partition coefficient (Wildman–Crippen LogP) is 5.38. The van der Waals surface area contributed by atoms with E-state index >= 15 is 0 Å². The molecule has 0 spiro atoms. The van der Waals surface area contributed by atoms with Gasteiger partial charge in [-0.15, -0.1) is 18.3 Å². The van der Waals surface area contributed by atoms with Crippen LogP contribution in [0.5, 0.6) is 11.5 Å². The van der Waals surface area contributed by atoms with E-state index in [9.17, 15) is 4.79 Å².